The Morgan fingerprint density at radius 1 is 1.47 bits per heavy atom. The van der Waals surface area contributed by atoms with Gasteiger partial charge >= 0.3 is 0 Å². The molecule has 0 aromatic heterocycles. The smallest absolute Gasteiger partial charge is 0.246 e. The van der Waals surface area contributed by atoms with Gasteiger partial charge in [0.1, 0.15) is 18.5 Å². The van der Waals surface area contributed by atoms with Gasteiger partial charge < -0.3 is 15.8 Å². The van der Waals surface area contributed by atoms with Crippen LogP contribution in [0.2, 0.25) is 0 Å². The summed E-state index contributed by atoms with van der Waals surface area (Å²) in [4.78, 5) is 22.7. The lowest BCUT2D eigenvalue weighted by atomic mass is 10.1. The van der Waals surface area contributed by atoms with E-state index < -0.39 is 23.7 Å². The topological polar surface area (TPSA) is 81.4 Å². The zero-order chi connectivity index (χ0) is 14.3. The van der Waals surface area contributed by atoms with Crippen molar-refractivity contribution in [1.82, 2.24) is 5.32 Å². The number of hydrogen-bond acceptors (Lipinski definition) is 3. The minimum Gasteiger partial charge on any atom is -0.372 e. The molecule has 0 saturated carbocycles. The number of carbonyl (C=O) groups is 2. The van der Waals surface area contributed by atoms with Crippen LogP contribution < -0.4 is 11.1 Å². The Balaban J connectivity index is 2.63. The van der Waals surface area contributed by atoms with Crippen LogP contribution in [0.3, 0.4) is 0 Å². The molecule has 2 amide bonds. The maximum atomic E-state index is 13.0. The molecular weight excluding hydrogens is 251 g/mol. The predicted octanol–water partition coefficient (Wildman–Crippen LogP) is 0.375. The summed E-state index contributed by atoms with van der Waals surface area (Å²) in [6, 6.07) is 4.91. The molecule has 0 aliphatic rings. The lowest BCUT2D eigenvalue weighted by Gasteiger charge is -2.15. The van der Waals surface area contributed by atoms with Gasteiger partial charge in [0.25, 0.3) is 0 Å². The number of rotatable bonds is 7. The SMILES string of the molecule is CCOCC(=O)N[C@@H](Cc1cccc(F)c1)C(N)=O. The first kappa shape index (κ1) is 15.1. The van der Waals surface area contributed by atoms with Crippen LogP contribution in [-0.4, -0.2) is 31.1 Å². The number of benzene rings is 1. The molecule has 19 heavy (non-hydrogen) atoms. The van der Waals surface area contributed by atoms with Crippen LogP contribution in [0.5, 0.6) is 0 Å². The summed E-state index contributed by atoms with van der Waals surface area (Å²) >= 11 is 0. The van der Waals surface area contributed by atoms with Crippen molar-refractivity contribution in [1.29, 1.82) is 0 Å². The van der Waals surface area contributed by atoms with Crippen LogP contribution >= 0.6 is 0 Å². The van der Waals surface area contributed by atoms with Gasteiger partial charge in [0, 0.05) is 13.0 Å². The van der Waals surface area contributed by atoms with Crippen molar-refractivity contribution < 1.29 is 18.7 Å². The molecule has 0 spiro atoms. The Morgan fingerprint density at radius 2 is 2.21 bits per heavy atom. The standard InChI is InChI=1S/C13H17FN2O3/c1-2-19-8-12(17)16-11(13(15)18)7-9-4-3-5-10(14)6-9/h3-6,11H,2,7-8H2,1H3,(H2,15,18)(H,16,17)/t11-/m0/s1. The monoisotopic (exact) mass is 268 g/mol. The van der Waals surface area contributed by atoms with Gasteiger partial charge in [-0.15, -0.1) is 0 Å². The maximum absolute atomic E-state index is 13.0. The molecule has 0 heterocycles. The van der Waals surface area contributed by atoms with E-state index >= 15 is 0 Å². The molecule has 5 nitrogen and oxygen atoms in total. The van der Waals surface area contributed by atoms with Crippen molar-refractivity contribution in [2.75, 3.05) is 13.2 Å². The first-order valence-corrected chi connectivity index (χ1v) is 5.93. The zero-order valence-corrected chi connectivity index (χ0v) is 10.7. The van der Waals surface area contributed by atoms with E-state index in [1.54, 1.807) is 13.0 Å². The van der Waals surface area contributed by atoms with Crippen molar-refractivity contribution in [3.8, 4) is 0 Å². The third-order valence-corrected chi connectivity index (χ3v) is 2.44. The Labute approximate surface area is 110 Å². The number of ether oxygens (including phenoxy) is 1. The number of nitrogens with one attached hydrogen (secondary N) is 1. The average molecular weight is 268 g/mol. The molecule has 104 valence electrons. The number of carbonyl (C=O) groups excluding carboxylic acids is 2. The average Bonchev–Trinajstić information content (AvgIpc) is 2.35. The van der Waals surface area contributed by atoms with Gasteiger partial charge in [-0.25, -0.2) is 4.39 Å². The van der Waals surface area contributed by atoms with Crippen LogP contribution in [0.4, 0.5) is 4.39 Å². The molecular formula is C13H17FN2O3. The Hall–Kier alpha value is -1.95. The van der Waals surface area contributed by atoms with Crippen LogP contribution in [-0.2, 0) is 20.7 Å². The number of nitrogens with two attached hydrogens (primary N) is 1. The van der Waals surface area contributed by atoms with Crippen molar-refractivity contribution in [3.63, 3.8) is 0 Å². The summed E-state index contributed by atoms with van der Waals surface area (Å²) in [5, 5.41) is 2.46. The summed E-state index contributed by atoms with van der Waals surface area (Å²) in [6.45, 7) is 2.02. The van der Waals surface area contributed by atoms with Gasteiger partial charge in [-0.3, -0.25) is 9.59 Å². The molecule has 1 aromatic rings. The molecule has 1 aromatic carbocycles. The van der Waals surface area contributed by atoms with Gasteiger partial charge in [0.2, 0.25) is 11.8 Å². The van der Waals surface area contributed by atoms with Gasteiger partial charge in [0.15, 0.2) is 0 Å². The molecule has 1 rings (SSSR count). The molecule has 0 fully saturated rings. The van der Waals surface area contributed by atoms with Crippen LogP contribution in [0.25, 0.3) is 0 Å². The van der Waals surface area contributed by atoms with E-state index in [0.29, 0.717) is 12.2 Å². The first-order valence-electron chi connectivity index (χ1n) is 5.93. The first-order chi connectivity index (χ1) is 9.02. The molecule has 6 heteroatoms. The molecule has 3 N–H and O–H groups in total. The fourth-order valence-electron chi connectivity index (χ4n) is 1.55. The van der Waals surface area contributed by atoms with Crippen molar-refractivity contribution >= 4 is 11.8 Å². The fraction of sp³-hybridized carbons (Fsp3) is 0.385. The fourth-order valence-corrected chi connectivity index (χ4v) is 1.55. The molecule has 0 unspecified atom stereocenters. The number of primary amides is 1. The Bertz CT molecular complexity index is 451. The molecule has 0 saturated heterocycles. The van der Waals surface area contributed by atoms with Crippen LogP contribution in [0.1, 0.15) is 12.5 Å². The second-order valence-corrected chi connectivity index (χ2v) is 3.99. The number of hydrogen-bond donors (Lipinski definition) is 2. The lowest BCUT2D eigenvalue weighted by Crippen LogP contribution is -2.47. The molecule has 0 radical (unpaired) electrons. The molecule has 0 bridgehead atoms. The normalized spacial score (nSPS) is 11.9. The number of amides is 2. The Morgan fingerprint density at radius 3 is 2.79 bits per heavy atom. The third kappa shape index (κ3) is 5.48. The largest absolute Gasteiger partial charge is 0.372 e. The highest BCUT2D eigenvalue weighted by Crippen LogP contribution is 2.06. The van der Waals surface area contributed by atoms with E-state index in [1.807, 2.05) is 0 Å². The predicted molar refractivity (Wildman–Crippen MR) is 67.7 cm³/mol. The summed E-state index contributed by atoms with van der Waals surface area (Å²) in [7, 11) is 0. The van der Waals surface area contributed by atoms with Crippen molar-refractivity contribution in [3.05, 3.63) is 35.6 Å². The highest BCUT2D eigenvalue weighted by Gasteiger charge is 2.18. The van der Waals surface area contributed by atoms with Crippen LogP contribution in [0, 0.1) is 5.82 Å². The third-order valence-electron chi connectivity index (χ3n) is 2.44. The van der Waals surface area contributed by atoms with Gasteiger partial charge in [-0.2, -0.15) is 0 Å². The molecule has 0 aliphatic heterocycles. The van der Waals surface area contributed by atoms with E-state index in [1.165, 1.54) is 18.2 Å². The lowest BCUT2D eigenvalue weighted by molar-refractivity contribution is -0.130. The van der Waals surface area contributed by atoms with Gasteiger partial charge in [-0.1, -0.05) is 12.1 Å². The highest BCUT2D eigenvalue weighted by molar-refractivity contribution is 5.87. The zero-order valence-electron chi connectivity index (χ0n) is 10.7. The number of halogens is 1. The van der Waals surface area contributed by atoms with Crippen molar-refractivity contribution in [2.45, 2.75) is 19.4 Å². The maximum Gasteiger partial charge on any atom is 0.246 e. The minimum atomic E-state index is -0.880. The van der Waals surface area contributed by atoms with Crippen molar-refractivity contribution in [2.24, 2.45) is 5.73 Å². The van der Waals surface area contributed by atoms with Gasteiger partial charge in [-0.05, 0) is 24.6 Å². The summed E-state index contributed by atoms with van der Waals surface area (Å²) < 4.78 is 17.9. The van der Waals surface area contributed by atoms with Gasteiger partial charge in [0.05, 0.1) is 0 Å². The van der Waals surface area contributed by atoms with Crippen LogP contribution in [0.15, 0.2) is 24.3 Å². The molecule has 0 aliphatic carbocycles. The van der Waals surface area contributed by atoms with E-state index in [9.17, 15) is 14.0 Å². The Kier molecular flexibility index (Phi) is 5.95. The second kappa shape index (κ2) is 7.48. The van der Waals surface area contributed by atoms with E-state index in [4.69, 9.17) is 10.5 Å². The van der Waals surface area contributed by atoms with E-state index in [-0.39, 0.29) is 13.0 Å². The van der Waals surface area contributed by atoms with E-state index in [0.717, 1.165) is 0 Å². The molecule has 1 atom stereocenters. The summed E-state index contributed by atoms with van der Waals surface area (Å²) in [6.07, 6.45) is 0.144. The second-order valence-electron chi connectivity index (χ2n) is 3.99. The summed E-state index contributed by atoms with van der Waals surface area (Å²) in [5.41, 5.74) is 5.80. The highest BCUT2D eigenvalue weighted by atomic mass is 19.1. The van der Waals surface area contributed by atoms with E-state index in [2.05, 4.69) is 5.32 Å². The minimum absolute atomic E-state index is 0.135. The quantitative estimate of drug-likeness (QED) is 0.750. The summed E-state index contributed by atoms with van der Waals surface area (Å²) in [5.74, 6) is -1.50.